The second-order valence-electron chi connectivity index (χ2n) is 10.0. The molecule has 4 heteroatoms. The summed E-state index contributed by atoms with van der Waals surface area (Å²) in [4.78, 5) is 0. The average molecular weight is 446 g/mol. The zero-order valence-corrected chi connectivity index (χ0v) is 20.0. The summed E-state index contributed by atoms with van der Waals surface area (Å²) in [6.07, 6.45) is 0. The predicted molar refractivity (Wildman–Crippen MR) is 140 cm³/mol. The van der Waals surface area contributed by atoms with Crippen LogP contribution in [0.1, 0.15) is 27.7 Å². The van der Waals surface area contributed by atoms with E-state index in [0.717, 1.165) is 49.7 Å². The molecule has 0 aliphatic carbocycles. The molecule has 3 nitrogen and oxygen atoms in total. The Kier molecular flexibility index (Phi) is 4.74. The molecule has 0 spiro atoms. The predicted octanol–water partition coefficient (Wildman–Crippen LogP) is 7.22. The summed E-state index contributed by atoms with van der Waals surface area (Å²) < 4.78 is 19.1. The Morgan fingerprint density at radius 3 is 1.97 bits per heavy atom. The summed E-state index contributed by atoms with van der Waals surface area (Å²) in [5.41, 5.74) is 6.53. The van der Waals surface area contributed by atoms with Crippen molar-refractivity contribution in [3.8, 4) is 22.3 Å². The van der Waals surface area contributed by atoms with Crippen LogP contribution in [0.4, 0.5) is 0 Å². The van der Waals surface area contributed by atoms with Crippen molar-refractivity contribution in [2.45, 2.75) is 38.9 Å². The highest BCUT2D eigenvalue weighted by molar-refractivity contribution is 6.63. The van der Waals surface area contributed by atoms with Crippen molar-refractivity contribution in [1.29, 1.82) is 0 Å². The summed E-state index contributed by atoms with van der Waals surface area (Å²) in [5.74, 6) is 0. The highest BCUT2D eigenvalue weighted by Crippen LogP contribution is 2.39. The lowest BCUT2D eigenvalue weighted by Crippen LogP contribution is -2.41. The van der Waals surface area contributed by atoms with E-state index < -0.39 is 7.12 Å². The Bertz CT molecular complexity index is 1510. The van der Waals surface area contributed by atoms with Gasteiger partial charge in [0, 0.05) is 16.3 Å². The minimum absolute atomic E-state index is 0.385. The van der Waals surface area contributed by atoms with Crippen LogP contribution >= 0.6 is 0 Å². The molecule has 5 aromatic rings. The minimum atomic E-state index is -0.413. The third-order valence-electron chi connectivity index (χ3n) is 7.36. The maximum absolute atomic E-state index is 6.38. The van der Waals surface area contributed by atoms with Gasteiger partial charge in [-0.2, -0.15) is 0 Å². The molecule has 0 atom stereocenters. The Morgan fingerprint density at radius 1 is 0.588 bits per heavy atom. The standard InChI is InChI=1S/C30H27BO3/c1-29(2)30(3,4)34-31(33-29)26-17-7-5-13-22(26)20-11-9-12-21(19-20)23-15-10-16-25-24-14-6-8-18-27(24)32-28(23)25/h5-19H,1-4H3. The van der Waals surface area contributed by atoms with Crippen molar-refractivity contribution in [2.24, 2.45) is 0 Å². The Morgan fingerprint density at radius 2 is 1.18 bits per heavy atom. The van der Waals surface area contributed by atoms with Crippen LogP contribution in [0.3, 0.4) is 0 Å². The van der Waals surface area contributed by atoms with E-state index in [4.69, 9.17) is 13.7 Å². The summed E-state index contributed by atoms with van der Waals surface area (Å²) in [6, 6.07) is 31.5. The van der Waals surface area contributed by atoms with E-state index in [1.807, 2.05) is 18.2 Å². The van der Waals surface area contributed by atoms with Crippen molar-refractivity contribution < 1.29 is 13.7 Å². The van der Waals surface area contributed by atoms with Crippen LogP contribution < -0.4 is 5.46 Å². The van der Waals surface area contributed by atoms with Gasteiger partial charge in [-0.25, -0.2) is 0 Å². The quantitative estimate of drug-likeness (QED) is 0.274. The zero-order chi connectivity index (χ0) is 23.5. The number of fused-ring (bicyclic) bond motifs is 3. The Balaban J connectivity index is 1.46. The molecule has 0 amide bonds. The van der Waals surface area contributed by atoms with E-state index in [0.29, 0.717) is 0 Å². The van der Waals surface area contributed by atoms with Gasteiger partial charge in [-0.15, -0.1) is 0 Å². The van der Waals surface area contributed by atoms with Gasteiger partial charge in [-0.1, -0.05) is 78.9 Å². The van der Waals surface area contributed by atoms with Crippen LogP contribution in [0, 0.1) is 0 Å². The SMILES string of the molecule is CC1(C)OB(c2ccccc2-c2cccc(-c3cccc4c3oc3ccccc34)c2)OC1(C)C. The molecule has 168 valence electrons. The number of hydrogen-bond acceptors (Lipinski definition) is 3. The van der Waals surface area contributed by atoms with Gasteiger partial charge < -0.3 is 13.7 Å². The van der Waals surface area contributed by atoms with Crippen molar-refractivity contribution in [2.75, 3.05) is 0 Å². The Labute approximate surface area is 200 Å². The van der Waals surface area contributed by atoms with E-state index in [1.165, 1.54) is 0 Å². The number of hydrogen-bond donors (Lipinski definition) is 0. The molecule has 4 aromatic carbocycles. The van der Waals surface area contributed by atoms with E-state index in [9.17, 15) is 0 Å². The molecule has 0 N–H and O–H groups in total. The normalized spacial score (nSPS) is 17.0. The highest BCUT2D eigenvalue weighted by atomic mass is 16.7. The first kappa shape index (κ1) is 21.2. The average Bonchev–Trinajstić information content (AvgIpc) is 3.32. The molecule has 1 fully saturated rings. The van der Waals surface area contributed by atoms with Gasteiger partial charge >= 0.3 is 7.12 Å². The number of benzene rings is 4. The van der Waals surface area contributed by atoms with Crippen molar-refractivity contribution >= 4 is 34.5 Å². The highest BCUT2D eigenvalue weighted by Gasteiger charge is 2.52. The van der Waals surface area contributed by atoms with Gasteiger partial charge in [0.05, 0.1) is 11.2 Å². The molecule has 34 heavy (non-hydrogen) atoms. The molecule has 2 heterocycles. The minimum Gasteiger partial charge on any atom is -0.455 e. The molecule has 1 aliphatic rings. The van der Waals surface area contributed by atoms with Gasteiger partial charge in [0.25, 0.3) is 0 Å². The summed E-state index contributed by atoms with van der Waals surface area (Å²) in [6.45, 7) is 8.35. The van der Waals surface area contributed by atoms with Gasteiger partial charge in [0.15, 0.2) is 0 Å². The summed E-state index contributed by atoms with van der Waals surface area (Å²) >= 11 is 0. The molecule has 1 aromatic heterocycles. The summed E-state index contributed by atoms with van der Waals surface area (Å²) in [5, 5.41) is 2.28. The van der Waals surface area contributed by atoms with E-state index in [2.05, 4.69) is 100 Å². The van der Waals surface area contributed by atoms with Crippen LogP contribution in [0.5, 0.6) is 0 Å². The van der Waals surface area contributed by atoms with Crippen LogP contribution in [0.2, 0.25) is 0 Å². The van der Waals surface area contributed by atoms with Crippen LogP contribution in [-0.2, 0) is 9.31 Å². The number of rotatable bonds is 3. The third-order valence-corrected chi connectivity index (χ3v) is 7.36. The smallest absolute Gasteiger partial charge is 0.455 e. The van der Waals surface area contributed by atoms with Crippen LogP contribution in [0.15, 0.2) is 95.4 Å². The van der Waals surface area contributed by atoms with Gasteiger partial charge in [0.2, 0.25) is 0 Å². The monoisotopic (exact) mass is 446 g/mol. The molecule has 0 bridgehead atoms. The fourth-order valence-corrected chi connectivity index (χ4v) is 4.76. The topological polar surface area (TPSA) is 31.6 Å². The lowest BCUT2D eigenvalue weighted by molar-refractivity contribution is 0.00578. The van der Waals surface area contributed by atoms with Gasteiger partial charge in [0.1, 0.15) is 11.2 Å². The second kappa shape index (κ2) is 7.59. The van der Waals surface area contributed by atoms with E-state index in [-0.39, 0.29) is 11.2 Å². The maximum Gasteiger partial charge on any atom is 0.495 e. The lowest BCUT2D eigenvalue weighted by Gasteiger charge is -2.32. The molecular formula is C30H27BO3. The van der Waals surface area contributed by atoms with E-state index >= 15 is 0 Å². The van der Waals surface area contributed by atoms with Crippen molar-refractivity contribution in [1.82, 2.24) is 0 Å². The van der Waals surface area contributed by atoms with Gasteiger partial charge in [-0.3, -0.25) is 0 Å². The maximum atomic E-state index is 6.38. The fourth-order valence-electron chi connectivity index (χ4n) is 4.76. The largest absolute Gasteiger partial charge is 0.495 e. The van der Waals surface area contributed by atoms with Crippen LogP contribution in [-0.4, -0.2) is 18.3 Å². The molecule has 0 saturated carbocycles. The first-order valence-corrected chi connectivity index (χ1v) is 11.8. The third kappa shape index (κ3) is 3.29. The first-order chi connectivity index (χ1) is 16.3. The lowest BCUT2D eigenvalue weighted by atomic mass is 9.74. The second-order valence-corrected chi connectivity index (χ2v) is 10.0. The fraction of sp³-hybridized carbons (Fsp3) is 0.200. The zero-order valence-electron chi connectivity index (χ0n) is 20.0. The molecule has 1 saturated heterocycles. The molecule has 0 radical (unpaired) electrons. The van der Waals surface area contributed by atoms with Crippen molar-refractivity contribution in [3.05, 3.63) is 91.0 Å². The molecule has 6 rings (SSSR count). The van der Waals surface area contributed by atoms with Crippen LogP contribution in [0.25, 0.3) is 44.2 Å². The number of para-hydroxylation sites is 2. The first-order valence-electron chi connectivity index (χ1n) is 11.8. The molecule has 0 unspecified atom stereocenters. The summed E-state index contributed by atoms with van der Waals surface area (Å²) in [7, 11) is -0.413. The molecular weight excluding hydrogens is 419 g/mol. The van der Waals surface area contributed by atoms with Gasteiger partial charge in [-0.05, 0) is 62.0 Å². The Hall–Kier alpha value is -3.34. The van der Waals surface area contributed by atoms with Crippen molar-refractivity contribution in [3.63, 3.8) is 0 Å². The molecule has 1 aliphatic heterocycles. The van der Waals surface area contributed by atoms with E-state index in [1.54, 1.807) is 0 Å². The number of furan rings is 1.